The van der Waals surface area contributed by atoms with Crippen LogP contribution in [0.4, 0.5) is 4.79 Å². The summed E-state index contributed by atoms with van der Waals surface area (Å²) in [6, 6.07) is 6.21. The second kappa shape index (κ2) is 7.36. The third kappa shape index (κ3) is 3.92. The molecule has 0 saturated carbocycles. The number of hydrogen-bond acceptors (Lipinski definition) is 7. The number of nitrogens with zero attached hydrogens (tertiary/aromatic N) is 3. The Kier molecular flexibility index (Phi) is 5.13. The molecule has 1 atom stereocenters. The van der Waals surface area contributed by atoms with Crippen LogP contribution in [0.1, 0.15) is 26.2 Å². The van der Waals surface area contributed by atoms with E-state index in [0.717, 1.165) is 4.90 Å². The van der Waals surface area contributed by atoms with Gasteiger partial charge in [-0.05, 0) is 37.6 Å². The van der Waals surface area contributed by atoms with Crippen molar-refractivity contribution in [1.29, 1.82) is 0 Å². The van der Waals surface area contributed by atoms with Crippen molar-refractivity contribution in [3.63, 3.8) is 0 Å². The lowest BCUT2D eigenvalue weighted by atomic mass is 9.99. The monoisotopic (exact) mass is 392 g/mol. The molecule has 1 saturated heterocycles. The number of imide groups is 1. The van der Waals surface area contributed by atoms with E-state index in [9.17, 15) is 14.4 Å². The Balaban J connectivity index is 1.56. The predicted octanol–water partition coefficient (Wildman–Crippen LogP) is 2.15. The van der Waals surface area contributed by atoms with E-state index in [2.05, 4.69) is 15.5 Å². The molecule has 1 fully saturated rings. The van der Waals surface area contributed by atoms with Crippen LogP contribution in [0.2, 0.25) is 5.02 Å². The van der Waals surface area contributed by atoms with Crippen molar-refractivity contribution < 1.29 is 23.6 Å². The molecule has 1 aliphatic rings. The molecule has 3 amide bonds. The van der Waals surface area contributed by atoms with Crippen LogP contribution >= 0.6 is 11.6 Å². The average molecular weight is 393 g/mol. The van der Waals surface area contributed by atoms with Gasteiger partial charge in [0.2, 0.25) is 5.82 Å². The zero-order chi connectivity index (χ0) is 19.6. The largest absolute Gasteiger partial charge is 0.454 e. The molecule has 1 N–H and O–H groups in total. The summed E-state index contributed by atoms with van der Waals surface area (Å²) in [4.78, 5) is 41.1. The first-order valence-corrected chi connectivity index (χ1v) is 8.58. The molecule has 27 heavy (non-hydrogen) atoms. The van der Waals surface area contributed by atoms with Gasteiger partial charge in [0.05, 0.1) is 0 Å². The molecule has 0 aliphatic carbocycles. The van der Waals surface area contributed by atoms with Crippen LogP contribution in [-0.2, 0) is 20.9 Å². The van der Waals surface area contributed by atoms with Crippen molar-refractivity contribution >= 4 is 29.5 Å². The van der Waals surface area contributed by atoms with Gasteiger partial charge in [0.15, 0.2) is 6.61 Å². The van der Waals surface area contributed by atoms with E-state index in [1.54, 1.807) is 38.1 Å². The van der Waals surface area contributed by atoms with Crippen LogP contribution in [0, 0.1) is 0 Å². The summed E-state index contributed by atoms with van der Waals surface area (Å²) in [7, 11) is 0. The number of hydrogen-bond donors (Lipinski definition) is 1. The van der Waals surface area contributed by atoms with Crippen molar-refractivity contribution in [1.82, 2.24) is 20.4 Å². The van der Waals surface area contributed by atoms with E-state index in [4.69, 9.17) is 20.9 Å². The molecule has 0 unspecified atom stereocenters. The van der Waals surface area contributed by atoms with Crippen molar-refractivity contribution in [3.8, 4) is 11.4 Å². The third-order valence-electron chi connectivity index (χ3n) is 4.27. The fourth-order valence-corrected chi connectivity index (χ4v) is 2.60. The minimum absolute atomic E-state index is 0.0869. The van der Waals surface area contributed by atoms with Crippen LogP contribution < -0.4 is 5.32 Å². The first-order chi connectivity index (χ1) is 12.8. The van der Waals surface area contributed by atoms with Gasteiger partial charge in [-0.3, -0.25) is 14.5 Å². The second-order valence-electron chi connectivity index (χ2n) is 6.19. The number of halogens is 1. The lowest BCUT2D eigenvalue weighted by Gasteiger charge is -2.18. The van der Waals surface area contributed by atoms with Crippen LogP contribution in [0.15, 0.2) is 28.8 Å². The van der Waals surface area contributed by atoms with E-state index < -0.39 is 30.0 Å². The number of aromatic nitrogens is 2. The van der Waals surface area contributed by atoms with Gasteiger partial charge in [-0.2, -0.15) is 4.98 Å². The van der Waals surface area contributed by atoms with Gasteiger partial charge in [0.25, 0.3) is 11.8 Å². The maximum atomic E-state index is 12.2. The Labute approximate surface area is 159 Å². The highest BCUT2D eigenvalue weighted by molar-refractivity contribution is 6.30. The summed E-state index contributed by atoms with van der Waals surface area (Å²) in [5.41, 5.74) is -0.309. The van der Waals surface area contributed by atoms with Gasteiger partial charge in [0, 0.05) is 10.6 Å². The van der Waals surface area contributed by atoms with E-state index in [-0.39, 0.29) is 12.5 Å². The SMILES string of the molecule is CC[C@@]1(C)NC(=O)N(CC(=O)OCc2nc(-c3ccc(Cl)cc3)no2)C1=O. The standard InChI is InChI=1S/C17H17ClN4O5/c1-3-17(2)15(24)22(16(25)20-17)8-13(23)26-9-12-19-14(21-27-12)10-4-6-11(18)7-5-10/h4-7H,3,8-9H2,1-2H3,(H,20,25)/t17-/m1/s1. The number of amides is 3. The molecule has 0 spiro atoms. The molecule has 1 aliphatic heterocycles. The minimum Gasteiger partial charge on any atom is -0.454 e. The number of rotatable bonds is 6. The number of carbonyl (C=O) groups is 3. The first-order valence-electron chi connectivity index (χ1n) is 8.20. The third-order valence-corrected chi connectivity index (χ3v) is 4.52. The number of carbonyl (C=O) groups excluding carboxylic acids is 3. The highest BCUT2D eigenvalue weighted by atomic mass is 35.5. The fourth-order valence-electron chi connectivity index (χ4n) is 2.48. The van der Waals surface area contributed by atoms with E-state index in [0.29, 0.717) is 22.8 Å². The lowest BCUT2D eigenvalue weighted by Crippen LogP contribution is -2.43. The normalized spacial score (nSPS) is 19.3. The van der Waals surface area contributed by atoms with Crippen molar-refractivity contribution in [2.24, 2.45) is 0 Å². The maximum absolute atomic E-state index is 12.2. The van der Waals surface area contributed by atoms with Crippen molar-refractivity contribution in [3.05, 3.63) is 35.2 Å². The smallest absolute Gasteiger partial charge is 0.326 e. The molecule has 2 heterocycles. The van der Waals surface area contributed by atoms with Crippen LogP contribution in [0.25, 0.3) is 11.4 Å². The Morgan fingerprint density at radius 1 is 1.33 bits per heavy atom. The second-order valence-corrected chi connectivity index (χ2v) is 6.62. The molecule has 9 nitrogen and oxygen atoms in total. The number of ether oxygens (including phenoxy) is 1. The topological polar surface area (TPSA) is 115 Å². The summed E-state index contributed by atoms with van der Waals surface area (Å²) in [5, 5.41) is 6.95. The number of urea groups is 1. The van der Waals surface area contributed by atoms with Gasteiger partial charge in [0.1, 0.15) is 12.1 Å². The molecule has 1 aromatic carbocycles. The summed E-state index contributed by atoms with van der Waals surface area (Å²) >= 11 is 5.83. The fraction of sp³-hybridized carbons (Fsp3) is 0.353. The van der Waals surface area contributed by atoms with Crippen LogP contribution in [0.5, 0.6) is 0 Å². The van der Waals surface area contributed by atoms with Gasteiger partial charge >= 0.3 is 12.0 Å². The highest BCUT2D eigenvalue weighted by Gasteiger charge is 2.47. The zero-order valence-electron chi connectivity index (χ0n) is 14.7. The molecule has 142 valence electrons. The van der Waals surface area contributed by atoms with E-state index in [1.807, 2.05) is 0 Å². The van der Waals surface area contributed by atoms with Crippen LogP contribution in [0.3, 0.4) is 0 Å². The molecular formula is C17H17ClN4O5. The summed E-state index contributed by atoms with van der Waals surface area (Å²) in [5.74, 6) is -0.811. The van der Waals surface area contributed by atoms with Gasteiger partial charge in [-0.25, -0.2) is 4.79 Å². The molecule has 0 radical (unpaired) electrons. The van der Waals surface area contributed by atoms with Gasteiger partial charge in [-0.15, -0.1) is 0 Å². The number of esters is 1. The summed E-state index contributed by atoms with van der Waals surface area (Å²) in [6.45, 7) is 2.62. The molecule has 0 bridgehead atoms. The minimum atomic E-state index is -1.00. The Hall–Kier alpha value is -2.94. The van der Waals surface area contributed by atoms with Crippen molar-refractivity contribution in [2.45, 2.75) is 32.4 Å². The Morgan fingerprint density at radius 3 is 2.67 bits per heavy atom. The molecule has 10 heteroatoms. The Morgan fingerprint density at radius 2 is 2.04 bits per heavy atom. The summed E-state index contributed by atoms with van der Waals surface area (Å²) in [6.07, 6.45) is 0.415. The maximum Gasteiger partial charge on any atom is 0.326 e. The predicted molar refractivity (Wildman–Crippen MR) is 93.5 cm³/mol. The van der Waals surface area contributed by atoms with E-state index >= 15 is 0 Å². The molecule has 1 aromatic heterocycles. The number of benzene rings is 1. The lowest BCUT2D eigenvalue weighted by molar-refractivity contribution is -0.149. The van der Waals surface area contributed by atoms with E-state index in [1.165, 1.54) is 0 Å². The molecule has 2 aromatic rings. The molecular weight excluding hydrogens is 376 g/mol. The van der Waals surface area contributed by atoms with Gasteiger partial charge < -0.3 is 14.6 Å². The van der Waals surface area contributed by atoms with Crippen LogP contribution in [-0.4, -0.2) is 45.0 Å². The highest BCUT2D eigenvalue weighted by Crippen LogP contribution is 2.21. The summed E-state index contributed by atoms with van der Waals surface area (Å²) < 4.78 is 10.1. The molecule has 3 rings (SSSR count). The van der Waals surface area contributed by atoms with Gasteiger partial charge in [-0.1, -0.05) is 23.7 Å². The number of nitrogens with one attached hydrogen (secondary N) is 1. The average Bonchev–Trinajstić information content (AvgIpc) is 3.20. The van der Waals surface area contributed by atoms with Crippen molar-refractivity contribution in [2.75, 3.05) is 6.54 Å². The quantitative estimate of drug-likeness (QED) is 0.591. The Bertz CT molecular complexity index is 882. The first kappa shape index (κ1) is 18.8. The zero-order valence-corrected chi connectivity index (χ0v) is 15.4.